The summed E-state index contributed by atoms with van der Waals surface area (Å²) in [5.74, 6) is -0.503. The van der Waals surface area contributed by atoms with Crippen LogP contribution in [0.1, 0.15) is 27.7 Å². The van der Waals surface area contributed by atoms with Crippen LogP contribution in [0, 0.1) is 0 Å². The lowest BCUT2D eigenvalue weighted by Crippen LogP contribution is -2.31. The van der Waals surface area contributed by atoms with E-state index in [1.807, 2.05) is 0 Å². The number of carbonyl (C=O) groups excluding carboxylic acids is 1. The average Bonchev–Trinajstić information content (AvgIpc) is 2.98. The molecule has 0 fully saturated rings. The number of aliphatic hydroxyl groups excluding tert-OH is 1. The number of H-pyrrole nitrogens is 1. The predicted molar refractivity (Wildman–Crippen MR) is 69.5 cm³/mol. The number of halogens is 3. The van der Waals surface area contributed by atoms with E-state index in [-0.39, 0.29) is 11.3 Å². The van der Waals surface area contributed by atoms with Crippen LogP contribution in [0.3, 0.4) is 0 Å². The number of carbonyl (C=O) groups is 1. The Morgan fingerprint density at radius 1 is 1.29 bits per heavy atom. The standard InChI is InChI=1S/C14H13F3N2O2/c15-14(16,17)10-4-1-3-9(7-10)12(8-20)19-13(21)11-5-2-6-18-11/h1-7,12,18,20H,8H2,(H,19,21). The van der Waals surface area contributed by atoms with E-state index >= 15 is 0 Å². The molecule has 2 aromatic rings. The largest absolute Gasteiger partial charge is 0.416 e. The number of hydrogen-bond donors (Lipinski definition) is 3. The van der Waals surface area contributed by atoms with E-state index in [1.54, 1.807) is 12.3 Å². The third-order valence-corrected chi connectivity index (χ3v) is 2.95. The second kappa shape index (κ2) is 6.01. The molecule has 1 heterocycles. The van der Waals surface area contributed by atoms with Crippen molar-refractivity contribution in [2.45, 2.75) is 12.2 Å². The molecule has 0 aliphatic heterocycles. The minimum atomic E-state index is -4.47. The third-order valence-electron chi connectivity index (χ3n) is 2.95. The molecule has 21 heavy (non-hydrogen) atoms. The van der Waals surface area contributed by atoms with Gasteiger partial charge < -0.3 is 15.4 Å². The summed E-state index contributed by atoms with van der Waals surface area (Å²) in [4.78, 5) is 14.5. The van der Waals surface area contributed by atoms with Crippen molar-refractivity contribution in [3.63, 3.8) is 0 Å². The number of rotatable bonds is 4. The second-order valence-electron chi connectivity index (χ2n) is 4.42. The van der Waals surface area contributed by atoms with E-state index in [0.717, 1.165) is 12.1 Å². The van der Waals surface area contributed by atoms with Crippen molar-refractivity contribution in [2.75, 3.05) is 6.61 Å². The minimum Gasteiger partial charge on any atom is -0.394 e. The van der Waals surface area contributed by atoms with Gasteiger partial charge in [-0.15, -0.1) is 0 Å². The van der Waals surface area contributed by atoms with E-state index < -0.39 is 30.3 Å². The molecule has 1 amide bonds. The van der Waals surface area contributed by atoms with Crippen molar-refractivity contribution in [3.05, 3.63) is 59.4 Å². The SMILES string of the molecule is O=C(NC(CO)c1cccc(C(F)(F)F)c1)c1ccc[nH]1. The molecule has 1 aromatic heterocycles. The molecule has 0 saturated heterocycles. The lowest BCUT2D eigenvalue weighted by Gasteiger charge is -2.18. The fourth-order valence-corrected chi connectivity index (χ4v) is 1.87. The third kappa shape index (κ3) is 3.63. The summed E-state index contributed by atoms with van der Waals surface area (Å²) in [5.41, 5.74) is -0.375. The van der Waals surface area contributed by atoms with Gasteiger partial charge in [0.1, 0.15) is 5.69 Å². The highest BCUT2D eigenvalue weighted by atomic mass is 19.4. The van der Waals surface area contributed by atoms with Crippen LogP contribution in [-0.4, -0.2) is 22.6 Å². The Balaban J connectivity index is 2.20. The quantitative estimate of drug-likeness (QED) is 0.812. The number of hydrogen-bond acceptors (Lipinski definition) is 2. The number of benzene rings is 1. The summed E-state index contributed by atoms with van der Waals surface area (Å²) in [6.45, 7) is -0.506. The zero-order valence-electron chi connectivity index (χ0n) is 10.8. The number of amides is 1. The maximum atomic E-state index is 12.7. The fourth-order valence-electron chi connectivity index (χ4n) is 1.87. The Morgan fingerprint density at radius 3 is 2.62 bits per heavy atom. The molecule has 0 saturated carbocycles. The monoisotopic (exact) mass is 298 g/mol. The van der Waals surface area contributed by atoms with Crippen molar-refractivity contribution >= 4 is 5.91 Å². The zero-order chi connectivity index (χ0) is 15.5. The van der Waals surface area contributed by atoms with Crippen molar-refractivity contribution in [1.29, 1.82) is 0 Å². The maximum Gasteiger partial charge on any atom is 0.416 e. The molecule has 0 aliphatic rings. The molecule has 3 N–H and O–H groups in total. The van der Waals surface area contributed by atoms with E-state index in [4.69, 9.17) is 0 Å². The maximum absolute atomic E-state index is 12.7. The van der Waals surface area contributed by atoms with Crippen LogP contribution in [0.5, 0.6) is 0 Å². The van der Waals surface area contributed by atoms with Crippen molar-refractivity contribution in [2.24, 2.45) is 0 Å². The smallest absolute Gasteiger partial charge is 0.394 e. The molecule has 0 aliphatic carbocycles. The first-order chi connectivity index (χ1) is 9.91. The molecule has 1 unspecified atom stereocenters. The molecule has 7 heteroatoms. The van der Waals surface area contributed by atoms with Gasteiger partial charge in [-0.3, -0.25) is 4.79 Å². The summed E-state index contributed by atoms with van der Waals surface area (Å²) >= 11 is 0. The summed E-state index contributed by atoms with van der Waals surface area (Å²) in [5, 5.41) is 11.8. The van der Waals surface area contributed by atoms with Crippen molar-refractivity contribution in [3.8, 4) is 0 Å². The number of aromatic nitrogens is 1. The summed E-state index contributed by atoms with van der Waals surface area (Å²) in [6, 6.07) is 6.74. The van der Waals surface area contributed by atoms with Crippen LogP contribution in [0.2, 0.25) is 0 Å². The van der Waals surface area contributed by atoms with Gasteiger partial charge in [0.05, 0.1) is 18.2 Å². The van der Waals surface area contributed by atoms with Gasteiger partial charge in [0.25, 0.3) is 5.91 Å². The van der Waals surface area contributed by atoms with Gasteiger partial charge >= 0.3 is 6.18 Å². The second-order valence-corrected chi connectivity index (χ2v) is 4.42. The number of nitrogens with one attached hydrogen (secondary N) is 2. The van der Waals surface area contributed by atoms with E-state index in [2.05, 4.69) is 10.3 Å². The van der Waals surface area contributed by atoms with Crippen LogP contribution in [0.4, 0.5) is 13.2 Å². The van der Waals surface area contributed by atoms with Gasteiger partial charge in [0, 0.05) is 6.20 Å². The summed E-state index contributed by atoms with van der Waals surface area (Å²) in [7, 11) is 0. The molecule has 4 nitrogen and oxygen atoms in total. The number of aromatic amines is 1. The molecular weight excluding hydrogens is 285 g/mol. The van der Waals surface area contributed by atoms with E-state index in [1.165, 1.54) is 18.2 Å². The van der Waals surface area contributed by atoms with Gasteiger partial charge in [-0.05, 0) is 29.8 Å². The van der Waals surface area contributed by atoms with Crippen LogP contribution in [0.25, 0.3) is 0 Å². The van der Waals surface area contributed by atoms with Crippen LogP contribution < -0.4 is 5.32 Å². The predicted octanol–water partition coefficient (Wildman–Crippen LogP) is 2.50. The Labute approximate surface area is 118 Å². The Bertz CT molecular complexity index is 609. The lowest BCUT2D eigenvalue weighted by molar-refractivity contribution is -0.137. The number of aliphatic hydroxyl groups is 1. The molecular formula is C14H13F3N2O2. The molecule has 2 rings (SSSR count). The van der Waals surface area contributed by atoms with Crippen LogP contribution in [0.15, 0.2) is 42.6 Å². The highest BCUT2D eigenvalue weighted by Crippen LogP contribution is 2.30. The van der Waals surface area contributed by atoms with Crippen molar-refractivity contribution in [1.82, 2.24) is 10.3 Å². The number of alkyl halides is 3. The minimum absolute atomic E-state index is 0.187. The summed E-state index contributed by atoms with van der Waals surface area (Å²) < 4.78 is 38.0. The van der Waals surface area contributed by atoms with E-state index in [9.17, 15) is 23.1 Å². The molecule has 112 valence electrons. The normalized spacial score (nSPS) is 13.0. The molecule has 0 radical (unpaired) electrons. The Kier molecular flexibility index (Phi) is 4.32. The van der Waals surface area contributed by atoms with Gasteiger partial charge in [0.2, 0.25) is 0 Å². The van der Waals surface area contributed by atoms with Crippen LogP contribution in [-0.2, 0) is 6.18 Å². The Morgan fingerprint density at radius 2 is 2.05 bits per heavy atom. The zero-order valence-corrected chi connectivity index (χ0v) is 10.8. The van der Waals surface area contributed by atoms with Gasteiger partial charge in [-0.1, -0.05) is 12.1 Å². The first kappa shape index (κ1) is 15.1. The van der Waals surface area contributed by atoms with Gasteiger partial charge in [-0.2, -0.15) is 13.2 Å². The molecule has 1 atom stereocenters. The lowest BCUT2D eigenvalue weighted by atomic mass is 10.0. The van der Waals surface area contributed by atoms with Gasteiger partial charge in [-0.25, -0.2) is 0 Å². The highest BCUT2D eigenvalue weighted by molar-refractivity contribution is 5.92. The topological polar surface area (TPSA) is 65.1 Å². The highest BCUT2D eigenvalue weighted by Gasteiger charge is 2.31. The Hall–Kier alpha value is -2.28. The first-order valence-electron chi connectivity index (χ1n) is 6.14. The first-order valence-corrected chi connectivity index (χ1v) is 6.14. The summed E-state index contributed by atoms with van der Waals surface area (Å²) in [6.07, 6.45) is -2.92. The van der Waals surface area contributed by atoms with Gasteiger partial charge in [0.15, 0.2) is 0 Å². The molecule has 1 aromatic carbocycles. The van der Waals surface area contributed by atoms with Crippen molar-refractivity contribution < 1.29 is 23.1 Å². The average molecular weight is 298 g/mol. The molecule has 0 bridgehead atoms. The fraction of sp³-hybridized carbons (Fsp3) is 0.214. The van der Waals surface area contributed by atoms with E-state index in [0.29, 0.717) is 0 Å². The van der Waals surface area contributed by atoms with Crippen LogP contribution >= 0.6 is 0 Å². The molecule has 0 spiro atoms.